The van der Waals surface area contributed by atoms with E-state index in [4.69, 9.17) is 0 Å². The number of hydrazone groups is 1. The number of hydrogen-bond donors (Lipinski definition) is 1. The number of aryl methyl sites for hydroxylation is 1. The minimum Gasteiger partial charge on any atom is -0.292 e. The van der Waals surface area contributed by atoms with E-state index in [1.165, 1.54) is 18.7 Å². The fourth-order valence-electron chi connectivity index (χ4n) is 2.92. The molecule has 0 saturated heterocycles. The topological polar surface area (TPSA) is 72.2 Å². The lowest BCUT2D eigenvalue weighted by atomic mass is 10.2. The standard InChI is InChI=1S/C24H21N5OS/c1-17-13-15-20(16-14-17)25-27-23(18(2)30)31-24-28-26-22(19-9-5-3-6-10-19)29(24)21-11-7-4-8-12-21/h3-16,25H,1-2H3. The second kappa shape index (κ2) is 9.40. The molecule has 0 aliphatic rings. The summed E-state index contributed by atoms with van der Waals surface area (Å²) >= 11 is 1.18. The number of hydrogen-bond acceptors (Lipinski definition) is 6. The van der Waals surface area contributed by atoms with Crippen LogP contribution < -0.4 is 5.43 Å². The Morgan fingerprint density at radius 2 is 1.55 bits per heavy atom. The first kappa shape index (κ1) is 20.6. The summed E-state index contributed by atoms with van der Waals surface area (Å²) in [7, 11) is 0. The Morgan fingerprint density at radius 1 is 0.903 bits per heavy atom. The third-order valence-electron chi connectivity index (χ3n) is 4.51. The number of anilines is 1. The van der Waals surface area contributed by atoms with Crippen molar-refractivity contribution in [2.45, 2.75) is 19.0 Å². The molecule has 7 heteroatoms. The zero-order chi connectivity index (χ0) is 21.6. The lowest BCUT2D eigenvalue weighted by Gasteiger charge is -2.10. The number of thioether (sulfide) groups is 1. The van der Waals surface area contributed by atoms with Gasteiger partial charge in [-0.25, -0.2) is 0 Å². The molecule has 1 heterocycles. The monoisotopic (exact) mass is 427 g/mol. The first-order chi connectivity index (χ1) is 15.1. The summed E-state index contributed by atoms with van der Waals surface area (Å²) in [4.78, 5) is 12.3. The van der Waals surface area contributed by atoms with E-state index in [2.05, 4.69) is 20.7 Å². The van der Waals surface area contributed by atoms with Crippen molar-refractivity contribution in [2.24, 2.45) is 5.10 Å². The Hall–Kier alpha value is -3.71. The number of ketones is 1. The van der Waals surface area contributed by atoms with Gasteiger partial charge in [0.15, 0.2) is 16.7 Å². The van der Waals surface area contributed by atoms with E-state index < -0.39 is 0 Å². The minimum atomic E-state index is -0.159. The van der Waals surface area contributed by atoms with E-state index in [0.717, 1.165) is 22.5 Å². The number of Topliss-reactive ketones (excluding diaryl/α,β-unsaturated/α-hetero) is 1. The summed E-state index contributed by atoms with van der Waals surface area (Å²) in [6.07, 6.45) is 0. The van der Waals surface area contributed by atoms with Crippen molar-refractivity contribution in [3.8, 4) is 17.1 Å². The summed E-state index contributed by atoms with van der Waals surface area (Å²) < 4.78 is 1.93. The van der Waals surface area contributed by atoms with Gasteiger partial charge in [0, 0.05) is 18.2 Å². The molecule has 31 heavy (non-hydrogen) atoms. The molecule has 0 atom stereocenters. The largest absolute Gasteiger partial charge is 0.292 e. The van der Waals surface area contributed by atoms with E-state index in [0.29, 0.717) is 16.0 Å². The van der Waals surface area contributed by atoms with Gasteiger partial charge in [0.2, 0.25) is 5.16 Å². The van der Waals surface area contributed by atoms with Crippen LogP contribution in [-0.2, 0) is 4.79 Å². The SMILES string of the molecule is CC(=O)C(=NNc1ccc(C)cc1)Sc1nnc(-c2ccccc2)n1-c1ccccc1. The third kappa shape index (κ3) is 4.90. The van der Waals surface area contributed by atoms with E-state index in [-0.39, 0.29) is 5.78 Å². The quantitative estimate of drug-likeness (QED) is 0.194. The molecule has 154 valence electrons. The zero-order valence-electron chi connectivity index (χ0n) is 17.2. The van der Waals surface area contributed by atoms with Gasteiger partial charge in [0.05, 0.1) is 5.69 Å². The number of rotatable bonds is 6. The molecule has 1 aromatic heterocycles. The van der Waals surface area contributed by atoms with Crippen LogP contribution in [0, 0.1) is 6.92 Å². The Balaban J connectivity index is 1.71. The van der Waals surface area contributed by atoms with Gasteiger partial charge >= 0.3 is 0 Å². The Morgan fingerprint density at radius 3 is 2.19 bits per heavy atom. The third-order valence-corrected chi connectivity index (χ3v) is 5.53. The lowest BCUT2D eigenvalue weighted by molar-refractivity contribution is -0.110. The highest BCUT2D eigenvalue weighted by molar-refractivity contribution is 8.15. The Bertz CT molecular complexity index is 1200. The highest BCUT2D eigenvalue weighted by atomic mass is 32.2. The van der Waals surface area contributed by atoms with Crippen LogP contribution in [0.15, 0.2) is 95.2 Å². The molecule has 0 amide bonds. The summed E-state index contributed by atoms with van der Waals surface area (Å²) in [5.41, 5.74) is 6.76. The van der Waals surface area contributed by atoms with E-state index >= 15 is 0 Å². The molecule has 6 nitrogen and oxygen atoms in total. The maximum atomic E-state index is 12.3. The van der Waals surface area contributed by atoms with Gasteiger partial charge in [0.1, 0.15) is 0 Å². The number of nitrogens with one attached hydrogen (secondary N) is 1. The number of aromatic nitrogens is 3. The van der Waals surface area contributed by atoms with E-state index in [9.17, 15) is 4.79 Å². The predicted molar refractivity (Wildman–Crippen MR) is 126 cm³/mol. The number of benzene rings is 3. The van der Waals surface area contributed by atoms with Crippen LogP contribution in [0.2, 0.25) is 0 Å². The van der Waals surface area contributed by atoms with Gasteiger partial charge in [-0.15, -0.1) is 10.2 Å². The lowest BCUT2D eigenvalue weighted by Crippen LogP contribution is -2.10. The molecule has 0 unspecified atom stereocenters. The summed E-state index contributed by atoms with van der Waals surface area (Å²) in [6, 6.07) is 27.5. The average molecular weight is 428 g/mol. The molecule has 0 fully saturated rings. The van der Waals surface area contributed by atoms with Crippen molar-refractivity contribution in [3.05, 3.63) is 90.5 Å². The van der Waals surface area contributed by atoms with Crippen molar-refractivity contribution in [1.29, 1.82) is 0 Å². The van der Waals surface area contributed by atoms with Crippen LogP contribution in [0.4, 0.5) is 5.69 Å². The highest BCUT2D eigenvalue weighted by Gasteiger charge is 2.20. The predicted octanol–water partition coefficient (Wildman–Crippen LogP) is 5.35. The van der Waals surface area contributed by atoms with Crippen LogP contribution in [-0.4, -0.2) is 25.6 Å². The zero-order valence-corrected chi connectivity index (χ0v) is 18.0. The maximum absolute atomic E-state index is 12.3. The van der Waals surface area contributed by atoms with Crippen molar-refractivity contribution in [2.75, 3.05) is 5.43 Å². The van der Waals surface area contributed by atoms with E-state index in [1.54, 1.807) is 0 Å². The molecule has 1 N–H and O–H groups in total. The van der Waals surface area contributed by atoms with E-state index in [1.807, 2.05) is 96.4 Å². The van der Waals surface area contributed by atoms with Gasteiger partial charge in [-0.1, -0.05) is 66.2 Å². The maximum Gasteiger partial charge on any atom is 0.202 e. The highest BCUT2D eigenvalue weighted by Crippen LogP contribution is 2.28. The fraction of sp³-hybridized carbons (Fsp3) is 0.0833. The molecule has 0 aliphatic carbocycles. The number of carbonyl (C=O) groups excluding carboxylic acids is 1. The molecule has 4 rings (SSSR count). The molecule has 0 aliphatic heterocycles. The van der Waals surface area contributed by atoms with Crippen LogP contribution in [0.5, 0.6) is 0 Å². The normalized spacial score (nSPS) is 11.4. The molecular formula is C24H21N5OS. The number of nitrogens with zero attached hydrogens (tertiary/aromatic N) is 4. The summed E-state index contributed by atoms with van der Waals surface area (Å²) in [5, 5.41) is 14.0. The summed E-state index contributed by atoms with van der Waals surface area (Å²) in [6.45, 7) is 3.51. The van der Waals surface area contributed by atoms with Crippen LogP contribution in [0.1, 0.15) is 12.5 Å². The summed E-state index contributed by atoms with van der Waals surface area (Å²) in [5.74, 6) is 0.539. The molecule has 0 saturated carbocycles. The van der Waals surface area contributed by atoms with Crippen molar-refractivity contribution in [1.82, 2.24) is 14.8 Å². The van der Waals surface area contributed by atoms with Crippen molar-refractivity contribution >= 4 is 28.3 Å². The molecule has 0 spiro atoms. The second-order valence-electron chi connectivity index (χ2n) is 6.90. The van der Waals surface area contributed by atoms with Gasteiger partial charge in [-0.2, -0.15) is 5.10 Å². The second-order valence-corrected chi connectivity index (χ2v) is 7.85. The molecule has 0 bridgehead atoms. The Kier molecular flexibility index (Phi) is 6.24. The van der Waals surface area contributed by atoms with Gasteiger partial charge in [-0.3, -0.25) is 14.8 Å². The Labute approximate surface area is 185 Å². The van der Waals surface area contributed by atoms with Crippen LogP contribution >= 0.6 is 11.8 Å². The van der Waals surface area contributed by atoms with Crippen LogP contribution in [0.25, 0.3) is 17.1 Å². The molecule has 3 aromatic carbocycles. The molecular weight excluding hydrogens is 406 g/mol. The molecule has 0 radical (unpaired) electrons. The smallest absolute Gasteiger partial charge is 0.202 e. The van der Waals surface area contributed by atoms with Crippen molar-refractivity contribution in [3.63, 3.8) is 0 Å². The average Bonchev–Trinajstić information content (AvgIpc) is 3.22. The fourth-order valence-corrected chi connectivity index (χ4v) is 3.70. The number of carbonyl (C=O) groups is 1. The first-order valence-electron chi connectivity index (χ1n) is 9.77. The number of para-hydroxylation sites is 1. The van der Waals surface area contributed by atoms with Crippen LogP contribution in [0.3, 0.4) is 0 Å². The molecule has 4 aromatic rings. The van der Waals surface area contributed by atoms with Gasteiger partial charge in [-0.05, 0) is 43.0 Å². The van der Waals surface area contributed by atoms with Gasteiger partial charge < -0.3 is 0 Å². The van der Waals surface area contributed by atoms with Crippen molar-refractivity contribution < 1.29 is 4.79 Å². The van der Waals surface area contributed by atoms with Gasteiger partial charge in [0.25, 0.3) is 0 Å². The minimum absolute atomic E-state index is 0.159. The first-order valence-corrected chi connectivity index (χ1v) is 10.6.